The number of carbonyl (C=O) groups excluding carboxylic acids is 2. The van der Waals surface area contributed by atoms with Gasteiger partial charge in [-0.25, -0.2) is 13.7 Å². The number of hydrogen-bond acceptors (Lipinski definition) is 2. The highest BCUT2D eigenvalue weighted by atomic mass is 35.5. The quantitative estimate of drug-likeness (QED) is 0.760. The largest absolute Gasteiger partial charge is 0.277 e. The number of carbonyl (C=O) groups is 2. The molecule has 0 saturated heterocycles. The molecule has 7 heteroatoms. The van der Waals surface area contributed by atoms with E-state index in [9.17, 15) is 18.4 Å². The van der Waals surface area contributed by atoms with E-state index in [1.807, 2.05) is 0 Å². The molecule has 1 heterocycles. The standard InChI is InChI=1S/C16H7Cl2F2NO2/c17-11-7-10(5-6-12(11)20)21-15(22)13(14(18)16(21)23)8-1-3-9(19)4-2-8/h1-7H. The van der Waals surface area contributed by atoms with E-state index in [2.05, 4.69) is 0 Å². The third-order valence-corrected chi connectivity index (χ3v) is 3.96. The van der Waals surface area contributed by atoms with Gasteiger partial charge in [0.05, 0.1) is 16.3 Å². The van der Waals surface area contributed by atoms with Gasteiger partial charge >= 0.3 is 0 Å². The summed E-state index contributed by atoms with van der Waals surface area (Å²) in [6, 6.07) is 8.45. The Labute approximate surface area is 139 Å². The summed E-state index contributed by atoms with van der Waals surface area (Å²) < 4.78 is 26.3. The molecule has 0 unspecified atom stereocenters. The number of rotatable bonds is 2. The first-order valence-electron chi connectivity index (χ1n) is 6.39. The smallest absolute Gasteiger partial charge is 0.268 e. The van der Waals surface area contributed by atoms with Gasteiger partial charge in [-0.3, -0.25) is 9.59 Å². The minimum Gasteiger partial charge on any atom is -0.268 e. The summed E-state index contributed by atoms with van der Waals surface area (Å²) in [4.78, 5) is 25.6. The maximum absolute atomic E-state index is 13.2. The lowest BCUT2D eigenvalue weighted by Crippen LogP contribution is -2.31. The number of amides is 2. The van der Waals surface area contributed by atoms with Crippen molar-refractivity contribution in [2.75, 3.05) is 4.90 Å². The summed E-state index contributed by atoms with van der Waals surface area (Å²) in [7, 11) is 0. The van der Waals surface area contributed by atoms with Crippen LogP contribution in [0.25, 0.3) is 5.57 Å². The number of benzene rings is 2. The Morgan fingerprint density at radius 1 is 0.870 bits per heavy atom. The summed E-state index contributed by atoms with van der Waals surface area (Å²) in [6.45, 7) is 0. The molecule has 1 aliphatic heterocycles. The molecule has 2 aromatic rings. The van der Waals surface area contributed by atoms with Crippen LogP contribution in [-0.2, 0) is 9.59 Å². The molecule has 116 valence electrons. The fraction of sp³-hybridized carbons (Fsp3) is 0. The van der Waals surface area contributed by atoms with Crippen LogP contribution in [0.2, 0.25) is 5.02 Å². The van der Waals surface area contributed by atoms with E-state index >= 15 is 0 Å². The third-order valence-electron chi connectivity index (χ3n) is 3.32. The van der Waals surface area contributed by atoms with Gasteiger partial charge in [0.25, 0.3) is 11.8 Å². The van der Waals surface area contributed by atoms with Crippen LogP contribution in [-0.4, -0.2) is 11.8 Å². The van der Waals surface area contributed by atoms with E-state index in [4.69, 9.17) is 23.2 Å². The van der Waals surface area contributed by atoms with Crippen LogP contribution in [0.5, 0.6) is 0 Å². The second-order valence-corrected chi connectivity index (χ2v) is 5.53. The molecule has 3 nitrogen and oxygen atoms in total. The molecular formula is C16H7Cl2F2NO2. The second kappa shape index (κ2) is 5.76. The predicted molar refractivity (Wildman–Crippen MR) is 83.1 cm³/mol. The molecule has 0 bridgehead atoms. The fourth-order valence-corrected chi connectivity index (χ4v) is 2.68. The van der Waals surface area contributed by atoms with E-state index in [0.29, 0.717) is 5.56 Å². The van der Waals surface area contributed by atoms with Gasteiger partial charge in [0.2, 0.25) is 0 Å². The van der Waals surface area contributed by atoms with E-state index in [1.165, 1.54) is 18.2 Å². The Kier molecular flexibility index (Phi) is 3.92. The van der Waals surface area contributed by atoms with Gasteiger partial charge in [0.1, 0.15) is 16.7 Å². The SMILES string of the molecule is O=C1C(Cl)=C(c2ccc(F)cc2)C(=O)N1c1ccc(F)c(Cl)c1. The monoisotopic (exact) mass is 353 g/mol. The van der Waals surface area contributed by atoms with Crippen molar-refractivity contribution < 1.29 is 18.4 Å². The number of hydrogen-bond donors (Lipinski definition) is 0. The molecule has 0 aromatic heterocycles. The maximum Gasteiger partial charge on any atom is 0.277 e. The van der Waals surface area contributed by atoms with Crippen molar-refractivity contribution in [2.24, 2.45) is 0 Å². The van der Waals surface area contributed by atoms with Crippen LogP contribution in [0.1, 0.15) is 5.56 Å². The molecule has 0 spiro atoms. The fourth-order valence-electron chi connectivity index (χ4n) is 2.23. The Balaban J connectivity index is 2.05. The molecule has 0 atom stereocenters. The molecule has 23 heavy (non-hydrogen) atoms. The summed E-state index contributed by atoms with van der Waals surface area (Å²) >= 11 is 11.7. The highest BCUT2D eigenvalue weighted by molar-refractivity contribution is 6.60. The lowest BCUT2D eigenvalue weighted by molar-refractivity contribution is -0.119. The Morgan fingerprint density at radius 3 is 2.13 bits per heavy atom. The van der Waals surface area contributed by atoms with E-state index in [0.717, 1.165) is 29.2 Å². The van der Waals surface area contributed by atoms with Gasteiger partial charge in [-0.05, 0) is 35.9 Å². The molecule has 0 aliphatic carbocycles. The zero-order valence-electron chi connectivity index (χ0n) is 11.3. The molecule has 1 aliphatic rings. The van der Waals surface area contributed by atoms with Crippen LogP contribution in [0.3, 0.4) is 0 Å². The van der Waals surface area contributed by atoms with Crippen molar-refractivity contribution in [3.05, 3.63) is 69.7 Å². The molecular weight excluding hydrogens is 347 g/mol. The van der Waals surface area contributed by atoms with Crippen molar-refractivity contribution in [3.8, 4) is 0 Å². The number of nitrogens with zero attached hydrogens (tertiary/aromatic N) is 1. The Bertz CT molecular complexity index is 863. The first-order valence-corrected chi connectivity index (χ1v) is 7.15. The highest BCUT2D eigenvalue weighted by Crippen LogP contribution is 2.35. The lowest BCUT2D eigenvalue weighted by Gasteiger charge is -2.15. The molecule has 0 radical (unpaired) electrons. The van der Waals surface area contributed by atoms with E-state index in [1.54, 1.807) is 0 Å². The summed E-state index contributed by atoms with van der Waals surface area (Å²) in [5, 5.41) is -0.517. The van der Waals surface area contributed by atoms with Crippen molar-refractivity contribution in [1.82, 2.24) is 0 Å². The normalized spacial score (nSPS) is 14.9. The van der Waals surface area contributed by atoms with Crippen LogP contribution in [0, 0.1) is 11.6 Å². The molecule has 2 aromatic carbocycles. The topological polar surface area (TPSA) is 37.4 Å². The number of halogens is 4. The lowest BCUT2D eigenvalue weighted by atomic mass is 10.1. The summed E-state index contributed by atoms with van der Waals surface area (Å²) in [6.07, 6.45) is 0. The van der Waals surface area contributed by atoms with Crippen LogP contribution in [0.4, 0.5) is 14.5 Å². The van der Waals surface area contributed by atoms with Crippen molar-refractivity contribution in [3.63, 3.8) is 0 Å². The van der Waals surface area contributed by atoms with Crippen LogP contribution < -0.4 is 4.90 Å². The van der Waals surface area contributed by atoms with Gasteiger partial charge < -0.3 is 0 Å². The zero-order chi connectivity index (χ0) is 16.7. The van der Waals surface area contributed by atoms with Crippen molar-refractivity contribution in [1.29, 1.82) is 0 Å². The number of anilines is 1. The third kappa shape index (κ3) is 2.62. The summed E-state index contributed by atoms with van der Waals surface area (Å²) in [5.74, 6) is -2.59. The molecule has 2 amide bonds. The molecule has 3 rings (SSSR count). The number of imide groups is 1. The van der Waals surface area contributed by atoms with Crippen molar-refractivity contribution in [2.45, 2.75) is 0 Å². The van der Waals surface area contributed by atoms with Crippen LogP contribution >= 0.6 is 23.2 Å². The molecule has 0 saturated carbocycles. The Morgan fingerprint density at radius 2 is 1.52 bits per heavy atom. The summed E-state index contributed by atoms with van der Waals surface area (Å²) in [5.41, 5.74) is 0.365. The van der Waals surface area contributed by atoms with Crippen LogP contribution in [0.15, 0.2) is 47.5 Å². The van der Waals surface area contributed by atoms with E-state index in [-0.39, 0.29) is 21.3 Å². The zero-order valence-corrected chi connectivity index (χ0v) is 12.8. The van der Waals surface area contributed by atoms with Gasteiger partial charge in [-0.2, -0.15) is 0 Å². The van der Waals surface area contributed by atoms with Crippen molar-refractivity contribution >= 4 is 46.3 Å². The molecule has 0 N–H and O–H groups in total. The average Bonchev–Trinajstić information content (AvgIpc) is 2.74. The average molecular weight is 354 g/mol. The van der Waals surface area contributed by atoms with Gasteiger partial charge in [-0.15, -0.1) is 0 Å². The van der Waals surface area contributed by atoms with E-state index < -0.39 is 23.4 Å². The van der Waals surface area contributed by atoms with Gasteiger partial charge in [0, 0.05) is 0 Å². The second-order valence-electron chi connectivity index (χ2n) is 4.74. The predicted octanol–water partition coefficient (Wildman–Crippen LogP) is 4.14. The van der Waals surface area contributed by atoms with Gasteiger partial charge in [-0.1, -0.05) is 35.3 Å². The first kappa shape index (κ1) is 15.6. The Hall–Kier alpha value is -2.24. The van der Waals surface area contributed by atoms with Gasteiger partial charge in [0.15, 0.2) is 0 Å². The molecule has 0 fully saturated rings. The minimum absolute atomic E-state index is 0.0443. The highest BCUT2D eigenvalue weighted by Gasteiger charge is 2.39. The maximum atomic E-state index is 13.2. The first-order chi connectivity index (χ1) is 10.9. The minimum atomic E-state index is -0.751.